The van der Waals surface area contributed by atoms with E-state index >= 15 is 0 Å². The van der Waals surface area contributed by atoms with Crippen LogP contribution in [0.1, 0.15) is 37.5 Å². The number of ketones is 1. The van der Waals surface area contributed by atoms with Crippen LogP contribution in [0.4, 0.5) is 11.4 Å². The molecule has 3 rings (SSSR count). The van der Waals surface area contributed by atoms with Crippen LogP contribution in [0.15, 0.2) is 65.7 Å². The zero-order valence-electron chi connectivity index (χ0n) is 17.4. The molecule has 1 aliphatic rings. The van der Waals surface area contributed by atoms with Gasteiger partial charge in [0.15, 0.2) is 5.78 Å². The molecule has 0 aliphatic carbocycles. The zero-order chi connectivity index (χ0) is 20.3. The van der Waals surface area contributed by atoms with E-state index in [0.29, 0.717) is 6.42 Å². The van der Waals surface area contributed by atoms with Crippen LogP contribution in [0.25, 0.3) is 6.08 Å². The maximum Gasteiger partial charge on any atom is 0.160 e. The number of carbonyl (C=O) groups is 1. The lowest BCUT2D eigenvalue weighted by atomic mass is 9.81. The van der Waals surface area contributed by atoms with Gasteiger partial charge in [-0.05, 0) is 47.9 Å². The van der Waals surface area contributed by atoms with Crippen LogP contribution in [0.2, 0.25) is 0 Å². The minimum atomic E-state index is -0.0604. The second kappa shape index (κ2) is 7.97. The number of benzene rings is 2. The molecule has 1 heterocycles. The van der Waals surface area contributed by atoms with Gasteiger partial charge in [-0.3, -0.25) is 9.79 Å². The first-order valence-corrected chi connectivity index (χ1v) is 9.61. The molecule has 3 heteroatoms. The Hall–Kier alpha value is -2.94. The molecule has 2 aromatic carbocycles. The molecule has 3 nitrogen and oxygen atoms in total. The van der Waals surface area contributed by atoms with E-state index in [4.69, 9.17) is 0 Å². The molecule has 0 radical (unpaired) electrons. The third-order valence-corrected chi connectivity index (χ3v) is 5.40. The van der Waals surface area contributed by atoms with Crippen LogP contribution < -0.4 is 4.90 Å². The van der Waals surface area contributed by atoms with Gasteiger partial charge in [-0.15, -0.1) is 0 Å². The number of nitrogens with zero attached hydrogens (tertiary/aromatic N) is 2. The maximum atomic E-state index is 12.3. The molecule has 1 aliphatic heterocycles. The van der Waals surface area contributed by atoms with Gasteiger partial charge in [0.25, 0.3) is 0 Å². The van der Waals surface area contributed by atoms with E-state index in [9.17, 15) is 4.79 Å². The zero-order valence-corrected chi connectivity index (χ0v) is 17.4. The summed E-state index contributed by atoms with van der Waals surface area (Å²) in [6.07, 6.45) is 7.77. The summed E-state index contributed by atoms with van der Waals surface area (Å²) in [4.78, 5) is 19.0. The summed E-state index contributed by atoms with van der Waals surface area (Å²) in [7, 11) is 4.05. The standard InChI is InChI=1S/C25H28N2O/c1-18-25(2,3)23-17-20(12-15-24(23)26-18)16-22(28)9-7-6-8-19-10-13-21(14-11-19)27(4)5/h6-15,17H,16H2,1-5H3/b8-6+,9-7+. The van der Waals surface area contributed by atoms with Gasteiger partial charge in [0.2, 0.25) is 0 Å². The van der Waals surface area contributed by atoms with Gasteiger partial charge in [0.05, 0.1) is 5.69 Å². The largest absolute Gasteiger partial charge is 0.378 e. The van der Waals surface area contributed by atoms with Crippen molar-refractivity contribution in [2.75, 3.05) is 19.0 Å². The molecule has 28 heavy (non-hydrogen) atoms. The van der Waals surface area contributed by atoms with Gasteiger partial charge in [-0.1, -0.05) is 56.3 Å². The summed E-state index contributed by atoms with van der Waals surface area (Å²) >= 11 is 0. The van der Waals surface area contributed by atoms with E-state index in [0.717, 1.165) is 22.5 Å². The second-order valence-electron chi connectivity index (χ2n) is 8.02. The Morgan fingerprint density at radius 2 is 1.79 bits per heavy atom. The molecule has 2 aromatic rings. The van der Waals surface area contributed by atoms with Crippen molar-refractivity contribution >= 4 is 28.9 Å². The Labute approximate surface area is 168 Å². The third-order valence-electron chi connectivity index (χ3n) is 5.40. The lowest BCUT2D eigenvalue weighted by molar-refractivity contribution is -0.114. The predicted molar refractivity (Wildman–Crippen MR) is 120 cm³/mol. The molecule has 0 fully saturated rings. The number of aliphatic imine (C=N–C) groups is 1. The normalized spacial score (nSPS) is 15.1. The van der Waals surface area contributed by atoms with Crippen molar-refractivity contribution in [1.82, 2.24) is 0 Å². The minimum Gasteiger partial charge on any atom is -0.378 e. The second-order valence-corrected chi connectivity index (χ2v) is 8.02. The predicted octanol–water partition coefficient (Wildman–Crippen LogP) is 5.52. The van der Waals surface area contributed by atoms with E-state index in [1.807, 2.05) is 44.5 Å². The third kappa shape index (κ3) is 4.30. The molecule has 0 saturated heterocycles. The van der Waals surface area contributed by atoms with E-state index < -0.39 is 0 Å². The van der Waals surface area contributed by atoms with Crippen molar-refractivity contribution in [3.63, 3.8) is 0 Å². The van der Waals surface area contributed by atoms with Gasteiger partial charge < -0.3 is 4.90 Å². The topological polar surface area (TPSA) is 32.7 Å². The van der Waals surface area contributed by atoms with Crippen LogP contribution in [0, 0.1) is 0 Å². The number of fused-ring (bicyclic) bond motifs is 1. The average molecular weight is 373 g/mol. The highest BCUT2D eigenvalue weighted by atomic mass is 16.1. The number of hydrogen-bond donors (Lipinski definition) is 0. The Bertz CT molecular complexity index is 961. The molecule has 0 atom stereocenters. The first-order valence-electron chi connectivity index (χ1n) is 9.61. The first-order chi connectivity index (χ1) is 13.3. The molecule has 0 amide bonds. The summed E-state index contributed by atoms with van der Waals surface area (Å²) in [5.41, 5.74) is 6.61. The SMILES string of the molecule is CC1=Nc2ccc(CC(=O)/C=C/C=C/c3ccc(N(C)C)cc3)cc2C1(C)C. The molecular weight excluding hydrogens is 344 g/mol. The highest BCUT2D eigenvalue weighted by Gasteiger charge is 2.32. The van der Waals surface area contributed by atoms with Crippen molar-refractivity contribution in [1.29, 1.82) is 0 Å². The summed E-state index contributed by atoms with van der Waals surface area (Å²) in [6, 6.07) is 14.5. The molecule has 144 valence electrons. The Morgan fingerprint density at radius 1 is 1.07 bits per heavy atom. The van der Waals surface area contributed by atoms with Gasteiger partial charge in [0.1, 0.15) is 0 Å². The molecule has 0 unspecified atom stereocenters. The van der Waals surface area contributed by atoms with E-state index in [2.05, 4.69) is 61.0 Å². The van der Waals surface area contributed by atoms with Crippen LogP contribution >= 0.6 is 0 Å². The summed E-state index contributed by atoms with van der Waals surface area (Å²) in [5, 5.41) is 0. The van der Waals surface area contributed by atoms with E-state index in [1.165, 1.54) is 11.3 Å². The Morgan fingerprint density at radius 3 is 2.46 bits per heavy atom. The van der Waals surface area contributed by atoms with Crippen LogP contribution in [0.3, 0.4) is 0 Å². The number of anilines is 1. The van der Waals surface area contributed by atoms with Crippen molar-refractivity contribution in [2.24, 2.45) is 4.99 Å². The van der Waals surface area contributed by atoms with Crippen molar-refractivity contribution in [3.05, 3.63) is 77.4 Å². The molecular formula is C25H28N2O. The number of carbonyl (C=O) groups excluding carboxylic acids is 1. The van der Waals surface area contributed by atoms with E-state index in [-0.39, 0.29) is 11.2 Å². The summed E-state index contributed by atoms with van der Waals surface area (Å²) < 4.78 is 0. The fraction of sp³-hybridized carbons (Fsp3) is 0.280. The molecule has 0 saturated carbocycles. The summed E-state index contributed by atoms with van der Waals surface area (Å²) in [6.45, 7) is 6.42. The fourth-order valence-corrected chi connectivity index (χ4v) is 3.28. The quantitative estimate of drug-likeness (QED) is 0.494. The van der Waals surface area contributed by atoms with Gasteiger partial charge in [-0.2, -0.15) is 0 Å². The highest BCUT2D eigenvalue weighted by molar-refractivity contribution is 5.99. The van der Waals surface area contributed by atoms with Crippen molar-refractivity contribution in [2.45, 2.75) is 32.6 Å². The van der Waals surface area contributed by atoms with Crippen molar-refractivity contribution in [3.8, 4) is 0 Å². The Kier molecular flexibility index (Phi) is 5.64. The van der Waals surface area contributed by atoms with Crippen molar-refractivity contribution < 1.29 is 4.79 Å². The average Bonchev–Trinajstić information content (AvgIpc) is 2.88. The van der Waals surface area contributed by atoms with Gasteiger partial charge in [-0.25, -0.2) is 0 Å². The highest BCUT2D eigenvalue weighted by Crippen LogP contribution is 2.40. The lowest BCUT2D eigenvalue weighted by Crippen LogP contribution is -2.22. The van der Waals surface area contributed by atoms with Crippen LogP contribution in [0.5, 0.6) is 0 Å². The van der Waals surface area contributed by atoms with Gasteiger partial charge >= 0.3 is 0 Å². The molecule has 0 N–H and O–H groups in total. The lowest BCUT2D eigenvalue weighted by Gasteiger charge is -2.20. The van der Waals surface area contributed by atoms with E-state index in [1.54, 1.807) is 6.08 Å². The molecule has 0 bridgehead atoms. The minimum absolute atomic E-state index is 0.0604. The number of hydrogen-bond acceptors (Lipinski definition) is 3. The smallest absolute Gasteiger partial charge is 0.160 e. The van der Waals surface area contributed by atoms with Crippen LogP contribution in [-0.4, -0.2) is 25.6 Å². The fourth-order valence-electron chi connectivity index (χ4n) is 3.28. The monoisotopic (exact) mass is 372 g/mol. The summed E-state index contributed by atoms with van der Waals surface area (Å²) in [5.74, 6) is 0.0981. The maximum absolute atomic E-state index is 12.3. The molecule has 0 spiro atoms. The van der Waals surface area contributed by atoms with Crippen LogP contribution in [-0.2, 0) is 16.6 Å². The number of allylic oxidation sites excluding steroid dienone is 3. The number of rotatable bonds is 6. The first kappa shape index (κ1) is 19.8. The Balaban J connectivity index is 1.60. The molecule has 0 aromatic heterocycles. The van der Waals surface area contributed by atoms with Gasteiger partial charge in [0, 0.05) is 37.3 Å².